The van der Waals surface area contributed by atoms with Crippen LogP contribution < -0.4 is 5.73 Å². The highest BCUT2D eigenvalue weighted by Gasteiger charge is 2.24. The lowest BCUT2D eigenvalue weighted by molar-refractivity contribution is -0.134. The molecular weight excluding hydrogens is 226 g/mol. The van der Waals surface area contributed by atoms with E-state index < -0.39 is 0 Å². The molecule has 1 saturated heterocycles. The van der Waals surface area contributed by atoms with Gasteiger partial charge in [-0.3, -0.25) is 9.69 Å². The van der Waals surface area contributed by atoms with Crippen molar-refractivity contribution in [1.29, 1.82) is 0 Å². The predicted molar refractivity (Wildman–Crippen MR) is 75.4 cm³/mol. The summed E-state index contributed by atoms with van der Waals surface area (Å²) in [5, 5.41) is 0. The Labute approximate surface area is 111 Å². The minimum absolute atomic E-state index is 0.151. The third-order valence-corrected chi connectivity index (χ3v) is 3.70. The fourth-order valence-electron chi connectivity index (χ4n) is 2.36. The van der Waals surface area contributed by atoms with Crippen molar-refractivity contribution in [2.24, 2.45) is 5.73 Å². The van der Waals surface area contributed by atoms with E-state index in [9.17, 15) is 4.79 Å². The Balaban J connectivity index is 2.26. The Morgan fingerprint density at radius 2 is 1.72 bits per heavy atom. The first-order valence-corrected chi connectivity index (χ1v) is 7.45. The van der Waals surface area contributed by atoms with E-state index in [1.54, 1.807) is 0 Å². The molecule has 1 rings (SSSR count). The van der Waals surface area contributed by atoms with E-state index >= 15 is 0 Å². The number of carbonyl (C=O) groups excluding carboxylic acids is 1. The van der Waals surface area contributed by atoms with Gasteiger partial charge in [0.2, 0.25) is 5.91 Å². The van der Waals surface area contributed by atoms with E-state index in [1.807, 2.05) is 4.90 Å². The molecule has 0 aromatic rings. The van der Waals surface area contributed by atoms with Crippen LogP contribution in [0.3, 0.4) is 0 Å². The molecule has 0 spiro atoms. The van der Waals surface area contributed by atoms with Crippen molar-refractivity contribution in [1.82, 2.24) is 9.80 Å². The molecular formula is C14H29N3O. The molecule has 1 fully saturated rings. The van der Waals surface area contributed by atoms with Crippen molar-refractivity contribution in [3.8, 4) is 0 Å². The number of hydrogen-bond donors (Lipinski definition) is 1. The van der Waals surface area contributed by atoms with Crippen LogP contribution in [0.25, 0.3) is 0 Å². The van der Waals surface area contributed by atoms with Crippen LogP contribution in [0, 0.1) is 0 Å². The summed E-state index contributed by atoms with van der Waals surface area (Å²) in [6, 6.07) is -0.285. The Morgan fingerprint density at radius 3 is 2.28 bits per heavy atom. The maximum Gasteiger partial charge on any atom is 0.239 e. The van der Waals surface area contributed by atoms with Gasteiger partial charge in [0.15, 0.2) is 0 Å². The third-order valence-electron chi connectivity index (χ3n) is 3.70. The fourth-order valence-corrected chi connectivity index (χ4v) is 2.36. The molecule has 1 aliphatic rings. The van der Waals surface area contributed by atoms with Gasteiger partial charge in [0.1, 0.15) is 0 Å². The lowest BCUT2D eigenvalue weighted by Gasteiger charge is -2.35. The summed E-state index contributed by atoms with van der Waals surface area (Å²) >= 11 is 0. The summed E-state index contributed by atoms with van der Waals surface area (Å²) in [5.74, 6) is 0.151. The first-order valence-electron chi connectivity index (χ1n) is 7.45. The Hall–Kier alpha value is -0.610. The number of unbranched alkanes of at least 4 members (excludes halogenated alkanes) is 2. The van der Waals surface area contributed by atoms with Crippen molar-refractivity contribution in [2.45, 2.75) is 52.0 Å². The molecule has 2 N–H and O–H groups in total. The van der Waals surface area contributed by atoms with Gasteiger partial charge < -0.3 is 10.6 Å². The highest BCUT2D eigenvalue weighted by atomic mass is 16.2. The number of amides is 1. The van der Waals surface area contributed by atoms with Gasteiger partial charge in [0.25, 0.3) is 0 Å². The molecule has 1 unspecified atom stereocenters. The predicted octanol–water partition coefficient (Wildman–Crippen LogP) is 1.45. The van der Waals surface area contributed by atoms with Gasteiger partial charge in [-0.25, -0.2) is 0 Å². The quantitative estimate of drug-likeness (QED) is 0.749. The normalized spacial score (nSPS) is 18.9. The van der Waals surface area contributed by atoms with Crippen molar-refractivity contribution < 1.29 is 4.79 Å². The van der Waals surface area contributed by atoms with Crippen LogP contribution in [0.5, 0.6) is 0 Å². The van der Waals surface area contributed by atoms with E-state index in [0.717, 1.165) is 45.4 Å². The third kappa shape index (κ3) is 4.94. The van der Waals surface area contributed by atoms with Crippen molar-refractivity contribution >= 4 is 5.91 Å². The molecule has 106 valence electrons. The summed E-state index contributed by atoms with van der Waals surface area (Å²) in [5.41, 5.74) is 5.94. The first-order chi connectivity index (χ1) is 8.69. The zero-order valence-corrected chi connectivity index (χ0v) is 12.0. The zero-order valence-electron chi connectivity index (χ0n) is 12.0. The molecule has 0 aliphatic carbocycles. The van der Waals surface area contributed by atoms with E-state index in [4.69, 9.17) is 5.73 Å². The maximum absolute atomic E-state index is 12.1. The molecule has 1 aliphatic heterocycles. The Bertz CT molecular complexity index is 237. The molecule has 18 heavy (non-hydrogen) atoms. The van der Waals surface area contributed by atoms with Crippen LogP contribution in [-0.2, 0) is 4.79 Å². The first kappa shape index (κ1) is 15.4. The summed E-state index contributed by atoms with van der Waals surface area (Å²) in [4.78, 5) is 16.5. The van der Waals surface area contributed by atoms with Gasteiger partial charge >= 0.3 is 0 Å². The van der Waals surface area contributed by atoms with Crippen LogP contribution in [-0.4, -0.2) is 54.5 Å². The van der Waals surface area contributed by atoms with Gasteiger partial charge in [-0.15, -0.1) is 0 Å². The average Bonchev–Trinajstić information content (AvgIpc) is 2.42. The molecule has 1 amide bonds. The van der Waals surface area contributed by atoms with E-state index in [-0.39, 0.29) is 11.9 Å². The van der Waals surface area contributed by atoms with Crippen molar-refractivity contribution in [3.05, 3.63) is 0 Å². The summed E-state index contributed by atoms with van der Waals surface area (Å²) in [6.07, 6.45) is 5.46. The molecule has 1 atom stereocenters. The van der Waals surface area contributed by atoms with Gasteiger partial charge in [-0.1, -0.05) is 33.1 Å². The second kappa shape index (κ2) is 8.48. The molecule has 0 radical (unpaired) electrons. The summed E-state index contributed by atoms with van der Waals surface area (Å²) in [6.45, 7) is 9.22. The molecule has 0 saturated carbocycles. The smallest absolute Gasteiger partial charge is 0.239 e. The SMILES string of the molecule is CCCCC(N)C(=O)N1CCN(CCCC)CC1. The molecule has 4 nitrogen and oxygen atoms in total. The lowest BCUT2D eigenvalue weighted by Crippen LogP contribution is -2.53. The van der Waals surface area contributed by atoms with Crippen LogP contribution in [0.4, 0.5) is 0 Å². The van der Waals surface area contributed by atoms with Gasteiger partial charge in [-0.2, -0.15) is 0 Å². The number of hydrogen-bond acceptors (Lipinski definition) is 3. The van der Waals surface area contributed by atoms with Crippen molar-refractivity contribution in [3.63, 3.8) is 0 Å². The number of nitrogens with two attached hydrogens (primary N) is 1. The largest absolute Gasteiger partial charge is 0.339 e. The zero-order chi connectivity index (χ0) is 13.4. The highest BCUT2D eigenvalue weighted by Crippen LogP contribution is 2.07. The summed E-state index contributed by atoms with van der Waals surface area (Å²) < 4.78 is 0. The van der Waals surface area contributed by atoms with E-state index in [2.05, 4.69) is 18.7 Å². The average molecular weight is 255 g/mol. The van der Waals surface area contributed by atoms with Crippen LogP contribution in [0.15, 0.2) is 0 Å². The molecule has 0 aromatic carbocycles. The maximum atomic E-state index is 12.1. The monoisotopic (exact) mass is 255 g/mol. The van der Waals surface area contributed by atoms with Crippen LogP contribution >= 0.6 is 0 Å². The molecule has 0 bridgehead atoms. The van der Waals surface area contributed by atoms with Crippen molar-refractivity contribution in [2.75, 3.05) is 32.7 Å². The van der Waals surface area contributed by atoms with Gasteiger partial charge in [-0.05, 0) is 19.4 Å². The topological polar surface area (TPSA) is 49.6 Å². The van der Waals surface area contributed by atoms with E-state index in [1.165, 1.54) is 19.4 Å². The molecule has 1 heterocycles. The fraction of sp³-hybridized carbons (Fsp3) is 0.929. The van der Waals surface area contributed by atoms with Gasteiger partial charge in [0.05, 0.1) is 6.04 Å². The van der Waals surface area contributed by atoms with Gasteiger partial charge in [0, 0.05) is 26.2 Å². The number of nitrogens with zero attached hydrogens (tertiary/aromatic N) is 2. The Morgan fingerprint density at radius 1 is 1.11 bits per heavy atom. The standard InChI is InChI=1S/C14H29N3O/c1-3-5-7-13(15)14(18)17-11-9-16(10-12-17)8-6-4-2/h13H,3-12,15H2,1-2H3. The molecule has 0 aromatic heterocycles. The minimum Gasteiger partial charge on any atom is -0.339 e. The number of piperazine rings is 1. The van der Waals surface area contributed by atoms with Crippen LogP contribution in [0.2, 0.25) is 0 Å². The molecule has 4 heteroatoms. The van der Waals surface area contributed by atoms with Crippen LogP contribution in [0.1, 0.15) is 46.0 Å². The number of rotatable bonds is 7. The second-order valence-corrected chi connectivity index (χ2v) is 5.27. The van der Waals surface area contributed by atoms with E-state index in [0.29, 0.717) is 0 Å². The number of carbonyl (C=O) groups is 1. The minimum atomic E-state index is -0.285. The lowest BCUT2D eigenvalue weighted by atomic mass is 10.1. The Kier molecular flexibility index (Phi) is 7.28. The highest BCUT2D eigenvalue weighted by molar-refractivity contribution is 5.81. The second-order valence-electron chi connectivity index (χ2n) is 5.27. The summed E-state index contributed by atoms with van der Waals surface area (Å²) in [7, 11) is 0.